The molecule has 5 nitrogen and oxygen atoms in total. The van der Waals surface area contributed by atoms with Gasteiger partial charge in [0, 0.05) is 56.3 Å². The predicted octanol–water partition coefficient (Wildman–Crippen LogP) is 7.22. The number of carbonyl (C=O) groups is 2. The van der Waals surface area contributed by atoms with E-state index in [4.69, 9.17) is 23.2 Å². The van der Waals surface area contributed by atoms with E-state index in [1.165, 1.54) is 7.05 Å². The summed E-state index contributed by atoms with van der Waals surface area (Å²) in [4.78, 5) is 31.9. The zero-order valence-corrected chi connectivity index (χ0v) is 24.9. The number of likely N-dealkylation sites (N-methyl/N-ethyl adjacent to an activating group) is 1. The molecule has 13 heteroatoms. The van der Waals surface area contributed by atoms with Crippen molar-refractivity contribution in [2.24, 2.45) is 5.92 Å². The maximum absolute atomic E-state index is 13.5. The molecule has 0 spiro atoms. The van der Waals surface area contributed by atoms with E-state index >= 15 is 0 Å². The molecular formula is C29H31Cl2F6N3O2. The van der Waals surface area contributed by atoms with Crippen LogP contribution < -0.4 is 0 Å². The second kappa shape index (κ2) is 11.5. The maximum Gasteiger partial charge on any atom is 0.416 e. The molecule has 2 aliphatic rings. The number of alkyl halides is 6. The Morgan fingerprint density at radius 2 is 1.43 bits per heavy atom. The summed E-state index contributed by atoms with van der Waals surface area (Å²) in [5.41, 5.74) is -3.31. The van der Waals surface area contributed by atoms with Gasteiger partial charge in [-0.3, -0.25) is 14.5 Å². The highest BCUT2D eigenvalue weighted by molar-refractivity contribution is 6.42. The molecule has 2 atom stereocenters. The number of hydrogen-bond donors (Lipinski definition) is 0. The number of hydrogen-bond acceptors (Lipinski definition) is 3. The third-order valence-corrected chi connectivity index (χ3v) is 8.83. The van der Waals surface area contributed by atoms with Crippen molar-refractivity contribution in [2.45, 2.75) is 57.0 Å². The largest absolute Gasteiger partial charge is 0.416 e. The number of likely N-dealkylation sites (tertiary alicyclic amines) is 2. The molecule has 0 radical (unpaired) electrons. The number of rotatable bonds is 4. The van der Waals surface area contributed by atoms with Crippen LogP contribution in [0.5, 0.6) is 0 Å². The Labute approximate surface area is 250 Å². The zero-order valence-electron chi connectivity index (χ0n) is 23.4. The number of nitrogens with zero attached hydrogens (tertiary/aromatic N) is 3. The molecule has 230 valence electrons. The van der Waals surface area contributed by atoms with Gasteiger partial charge in [-0.1, -0.05) is 29.3 Å². The lowest BCUT2D eigenvalue weighted by Crippen LogP contribution is -2.62. The molecule has 2 aromatic carbocycles. The lowest BCUT2D eigenvalue weighted by atomic mass is 9.83. The van der Waals surface area contributed by atoms with Gasteiger partial charge in [-0.2, -0.15) is 26.3 Å². The quantitative estimate of drug-likeness (QED) is 0.333. The summed E-state index contributed by atoms with van der Waals surface area (Å²) in [5.74, 6) is -1.76. The minimum atomic E-state index is -5.09. The fourth-order valence-corrected chi connectivity index (χ4v) is 5.85. The number of amides is 2. The molecule has 4 rings (SSSR count). The molecule has 0 aliphatic carbocycles. The lowest BCUT2D eigenvalue weighted by Gasteiger charge is -2.49. The first-order chi connectivity index (χ1) is 19.3. The lowest BCUT2D eigenvalue weighted by molar-refractivity contribution is -0.145. The molecule has 2 fully saturated rings. The maximum atomic E-state index is 13.5. The second-order valence-electron chi connectivity index (χ2n) is 11.9. The molecule has 2 saturated heterocycles. The third-order valence-electron chi connectivity index (χ3n) is 8.09. The summed E-state index contributed by atoms with van der Waals surface area (Å²) in [6, 6.07) is 5.04. The summed E-state index contributed by atoms with van der Waals surface area (Å²) >= 11 is 12.4. The van der Waals surface area contributed by atoms with E-state index in [0.29, 0.717) is 30.8 Å². The highest BCUT2D eigenvalue weighted by atomic mass is 35.5. The molecule has 42 heavy (non-hydrogen) atoms. The first kappa shape index (κ1) is 32.4. The topological polar surface area (TPSA) is 43.9 Å². The van der Waals surface area contributed by atoms with Crippen LogP contribution in [-0.2, 0) is 17.1 Å². The van der Waals surface area contributed by atoms with Crippen molar-refractivity contribution >= 4 is 35.0 Å². The summed E-state index contributed by atoms with van der Waals surface area (Å²) in [6.07, 6.45) is -9.93. The van der Waals surface area contributed by atoms with Crippen molar-refractivity contribution in [3.63, 3.8) is 0 Å². The van der Waals surface area contributed by atoms with E-state index in [1.54, 1.807) is 23.1 Å². The molecule has 0 aromatic heterocycles. The van der Waals surface area contributed by atoms with Gasteiger partial charge >= 0.3 is 12.4 Å². The summed E-state index contributed by atoms with van der Waals surface area (Å²) in [7, 11) is 1.34. The van der Waals surface area contributed by atoms with Gasteiger partial charge in [0.15, 0.2) is 0 Å². The summed E-state index contributed by atoms with van der Waals surface area (Å²) in [5, 5.41) is 0.517. The first-order valence-corrected chi connectivity index (χ1v) is 14.1. The van der Waals surface area contributed by atoms with Gasteiger partial charge in [0.25, 0.3) is 5.91 Å². The fraction of sp³-hybridized carbons (Fsp3) is 0.517. The molecule has 0 bridgehead atoms. The van der Waals surface area contributed by atoms with Crippen LogP contribution in [0.25, 0.3) is 0 Å². The molecule has 0 saturated carbocycles. The van der Waals surface area contributed by atoms with Gasteiger partial charge in [-0.05, 0) is 63.1 Å². The van der Waals surface area contributed by atoms with Crippen LogP contribution in [0.15, 0.2) is 36.4 Å². The van der Waals surface area contributed by atoms with Crippen molar-refractivity contribution in [3.05, 3.63) is 68.7 Å². The Bertz CT molecular complexity index is 1320. The monoisotopic (exact) mass is 637 g/mol. The fourth-order valence-electron chi connectivity index (χ4n) is 5.55. The highest BCUT2D eigenvalue weighted by Gasteiger charge is 2.44. The molecule has 2 heterocycles. The van der Waals surface area contributed by atoms with Crippen molar-refractivity contribution in [1.29, 1.82) is 0 Å². The van der Waals surface area contributed by atoms with Gasteiger partial charge in [-0.25, -0.2) is 0 Å². The van der Waals surface area contributed by atoms with Crippen LogP contribution in [-0.4, -0.2) is 71.3 Å². The Morgan fingerprint density at radius 3 is 1.93 bits per heavy atom. The van der Waals surface area contributed by atoms with Gasteiger partial charge in [0.05, 0.1) is 27.1 Å². The predicted molar refractivity (Wildman–Crippen MR) is 148 cm³/mol. The molecule has 2 amide bonds. The molecular weight excluding hydrogens is 607 g/mol. The van der Waals surface area contributed by atoms with Crippen LogP contribution in [0, 0.1) is 5.92 Å². The first-order valence-electron chi connectivity index (χ1n) is 13.3. The van der Waals surface area contributed by atoms with E-state index in [1.807, 2.05) is 0 Å². The van der Waals surface area contributed by atoms with Crippen LogP contribution in [0.4, 0.5) is 26.3 Å². The van der Waals surface area contributed by atoms with Crippen molar-refractivity contribution < 1.29 is 35.9 Å². The van der Waals surface area contributed by atoms with Crippen LogP contribution in [0.3, 0.4) is 0 Å². The van der Waals surface area contributed by atoms with Crippen molar-refractivity contribution in [2.75, 3.05) is 33.2 Å². The number of carbonyl (C=O) groups excluding carboxylic acids is 2. The van der Waals surface area contributed by atoms with E-state index < -0.39 is 46.9 Å². The molecule has 2 aliphatic heterocycles. The SMILES string of the molecule is CN(C(=O)c1cc(C(F)(F)F)cc(C(F)(F)F)c1)[C@@H]1CCN(C(=O)C2CN(C(C)(C)C)C2)C[C@H]1c1ccc(Cl)c(Cl)c1. The number of halogens is 8. The third kappa shape index (κ3) is 6.83. The molecule has 2 aromatic rings. The van der Waals surface area contributed by atoms with Crippen molar-refractivity contribution in [1.82, 2.24) is 14.7 Å². The minimum absolute atomic E-state index is 0.0133. The van der Waals surface area contributed by atoms with E-state index in [0.717, 1.165) is 4.90 Å². The Hall–Kier alpha value is -2.50. The minimum Gasteiger partial charge on any atom is -0.342 e. The average Bonchev–Trinajstić information content (AvgIpc) is 2.86. The number of piperidine rings is 1. The van der Waals surface area contributed by atoms with E-state index in [-0.39, 0.29) is 53.0 Å². The standard InChI is InChI=1S/C29H31Cl2F6N3O2/c1-27(2,3)40-13-18(14-40)26(42)39-8-7-24(21(15-39)16-5-6-22(30)23(31)11-16)38(4)25(41)17-9-19(28(32,33)34)12-20(10-17)29(35,36)37/h5-6,9-12,18,21,24H,7-8,13-15H2,1-4H3/t21-,24+/m0/s1. The number of benzene rings is 2. The second-order valence-corrected chi connectivity index (χ2v) is 12.7. The van der Waals surface area contributed by atoms with Gasteiger partial charge in [-0.15, -0.1) is 0 Å². The van der Waals surface area contributed by atoms with Gasteiger partial charge < -0.3 is 9.80 Å². The smallest absolute Gasteiger partial charge is 0.342 e. The summed E-state index contributed by atoms with van der Waals surface area (Å²) < 4.78 is 80.8. The van der Waals surface area contributed by atoms with Crippen LogP contribution in [0.1, 0.15) is 60.2 Å². The average molecular weight is 638 g/mol. The Kier molecular flexibility index (Phi) is 8.90. The van der Waals surface area contributed by atoms with Crippen molar-refractivity contribution in [3.8, 4) is 0 Å². The Morgan fingerprint density at radius 1 is 0.857 bits per heavy atom. The molecule has 0 unspecified atom stereocenters. The Balaban J connectivity index is 1.64. The van der Waals surface area contributed by atoms with Gasteiger partial charge in [0.2, 0.25) is 5.91 Å². The van der Waals surface area contributed by atoms with E-state index in [2.05, 4.69) is 25.7 Å². The highest BCUT2D eigenvalue weighted by Crippen LogP contribution is 2.39. The van der Waals surface area contributed by atoms with Crippen LogP contribution in [0.2, 0.25) is 10.0 Å². The van der Waals surface area contributed by atoms with E-state index in [9.17, 15) is 35.9 Å². The normalized spacial score (nSPS) is 20.8. The summed E-state index contributed by atoms with van der Waals surface area (Å²) in [6.45, 7) is 7.85. The van der Waals surface area contributed by atoms with Gasteiger partial charge in [0.1, 0.15) is 0 Å². The van der Waals surface area contributed by atoms with Crippen LogP contribution >= 0.6 is 23.2 Å². The molecule has 0 N–H and O–H groups in total. The zero-order chi connectivity index (χ0) is 31.4.